The first kappa shape index (κ1) is 16.9. The molecule has 2 amide bonds. The van der Waals surface area contributed by atoms with Crippen LogP contribution in [0.15, 0.2) is 36.7 Å². The summed E-state index contributed by atoms with van der Waals surface area (Å²) in [5, 5.41) is 7.18. The van der Waals surface area contributed by atoms with Gasteiger partial charge in [-0.15, -0.1) is 0 Å². The van der Waals surface area contributed by atoms with Crippen molar-refractivity contribution in [2.45, 2.75) is 33.2 Å². The number of carbonyl (C=O) groups excluding carboxylic acids is 1. The van der Waals surface area contributed by atoms with Gasteiger partial charge in [-0.05, 0) is 50.6 Å². The van der Waals surface area contributed by atoms with Crippen molar-refractivity contribution in [3.8, 4) is 0 Å². The minimum absolute atomic E-state index is 0.00800. The average molecular weight is 338 g/mol. The maximum atomic E-state index is 12.6. The number of aromatic nitrogens is 4. The number of aryl methyl sites for hydroxylation is 2. The monoisotopic (exact) mass is 338 g/mol. The van der Waals surface area contributed by atoms with E-state index in [1.807, 2.05) is 45.0 Å². The second-order valence-corrected chi connectivity index (χ2v) is 6.27. The van der Waals surface area contributed by atoms with Crippen LogP contribution in [0.3, 0.4) is 0 Å². The number of carbonyl (C=O) groups is 1. The molecule has 7 nitrogen and oxygen atoms in total. The number of amides is 2. The fourth-order valence-electron chi connectivity index (χ4n) is 2.66. The minimum Gasteiger partial charge on any atom is -0.324 e. The molecular weight excluding hydrogens is 316 g/mol. The Morgan fingerprint density at radius 3 is 2.92 bits per heavy atom. The Labute approximate surface area is 146 Å². The Balaban J connectivity index is 1.71. The number of urea groups is 1. The van der Waals surface area contributed by atoms with Gasteiger partial charge < -0.3 is 10.2 Å². The summed E-state index contributed by atoms with van der Waals surface area (Å²) < 4.78 is 1.66. The number of fused-ring (bicyclic) bond motifs is 1. The summed E-state index contributed by atoms with van der Waals surface area (Å²) in [6, 6.07) is 7.48. The van der Waals surface area contributed by atoms with Gasteiger partial charge >= 0.3 is 6.03 Å². The molecule has 0 aromatic carbocycles. The van der Waals surface area contributed by atoms with Crippen molar-refractivity contribution in [1.29, 1.82) is 0 Å². The molecule has 0 unspecified atom stereocenters. The fraction of sp³-hybridized carbons (Fsp3) is 0.333. The molecule has 0 aliphatic carbocycles. The van der Waals surface area contributed by atoms with Gasteiger partial charge in [0, 0.05) is 37.6 Å². The van der Waals surface area contributed by atoms with Gasteiger partial charge in [0.15, 0.2) is 5.65 Å². The first-order valence-corrected chi connectivity index (χ1v) is 8.21. The zero-order valence-electron chi connectivity index (χ0n) is 14.9. The predicted octanol–water partition coefficient (Wildman–Crippen LogP) is 2.84. The van der Waals surface area contributed by atoms with Crippen molar-refractivity contribution in [3.05, 3.63) is 53.7 Å². The van der Waals surface area contributed by atoms with E-state index in [-0.39, 0.29) is 12.1 Å². The minimum atomic E-state index is -0.186. The van der Waals surface area contributed by atoms with E-state index in [1.165, 1.54) is 0 Å². The molecule has 0 spiro atoms. The molecule has 1 atom stereocenters. The van der Waals surface area contributed by atoms with Crippen LogP contribution >= 0.6 is 0 Å². The SMILES string of the molecule is Cc1ccnc(C[C@@H](C)N(C)C(=O)Nc2cccn3nc(C)nc23)c1. The number of nitrogens with one attached hydrogen (secondary N) is 1. The normalized spacial score (nSPS) is 12.2. The Morgan fingerprint density at radius 2 is 2.16 bits per heavy atom. The number of rotatable bonds is 4. The maximum Gasteiger partial charge on any atom is 0.321 e. The van der Waals surface area contributed by atoms with Crippen molar-refractivity contribution in [3.63, 3.8) is 0 Å². The molecule has 3 aromatic heterocycles. The van der Waals surface area contributed by atoms with E-state index in [2.05, 4.69) is 20.4 Å². The van der Waals surface area contributed by atoms with E-state index >= 15 is 0 Å². The molecule has 0 bridgehead atoms. The van der Waals surface area contributed by atoms with Gasteiger partial charge in [-0.1, -0.05) is 0 Å². The highest BCUT2D eigenvalue weighted by Crippen LogP contribution is 2.16. The first-order valence-electron chi connectivity index (χ1n) is 8.21. The van der Waals surface area contributed by atoms with Crippen molar-refractivity contribution in [1.82, 2.24) is 24.5 Å². The summed E-state index contributed by atoms with van der Waals surface area (Å²) in [7, 11) is 1.78. The zero-order chi connectivity index (χ0) is 18.0. The number of pyridine rings is 2. The molecule has 3 aromatic rings. The molecule has 3 rings (SSSR count). The van der Waals surface area contributed by atoms with Crippen molar-refractivity contribution in [2.75, 3.05) is 12.4 Å². The third-order valence-corrected chi connectivity index (χ3v) is 4.17. The van der Waals surface area contributed by atoms with E-state index in [4.69, 9.17) is 0 Å². The largest absolute Gasteiger partial charge is 0.324 e. The number of hydrogen-bond acceptors (Lipinski definition) is 4. The van der Waals surface area contributed by atoms with Crippen LogP contribution in [0.5, 0.6) is 0 Å². The highest BCUT2D eigenvalue weighted by atomic mass is 16.2. The molecule has 1 N–H and O–H groups in total. The average Bonchev–Trinajstić information content (AvgIpc) is 2.95. The summed E-state index contributed by atoms with van der Waals surface area (Å²) in [6.45, 7) is 5.86. The highest BCUT2D eigenvalue weighted by molar-refractivity contribution is 5.93. The molecule has 130 valence electrons. The van der Waals surface area contributed by atoms with E-state index in [0.717, 1.165) is 11.3 Å². The number of likely N-dealkylation sites (N-methyl/N-ethyl adjacent to an activating group) is 1. The standard InChI is InChI=1S/C18H22N6O/c1-12-7-8-19-15(10-12)11-13(2)23(4)18(25)21-16-6-5-9-24-17(16)20-14(3)22-24/h5-10,13H,11H2,1-4H3,(H,21,25)/t13-/m1/s1. The molecule has 3 heterocycles. The Hall–Kier alpha value is -2.96. The Morgan fingerprint density at radius 1 is 1.36 bits per heavy atom. The summed E-state index contributed by atoms with van der Waals surface area (Å²) >= 11 is 0. The molecule has 0 radical (unpaired) electrons. The molecule has 25 heavy (non-hydrogen) atoms. The van der Waals surface area contributed by atoms with Crippen LogP contribution in [0.1, 0.15) is 24.0 Å². The Bertz CT molecular complexity index is 903. The van der Waals surface area contributed by atoms with Gasteiger partial charge in [-0.2, -0.15) is 5.10 Å². The van der Waals surface area contributed by atoms with Gasteiger partial charge in [0.25, 0.3) is 0 Å². The van der Waals surface area contributed by atoms with Gasteiger partial charge in [0.2, 0.25) is 0 Å². The summed E-state index contributed by atoms with van der Waals surface area (Å²) in [5.74, 6) is 0.661. The number of nitrogens with zero attached hydrogens (tertiary/aromatic N) is 5. The van der Waals surface area contributed by atoms with Crippen molar-refractivity contribution in [2.24, 2.45) is 0 Å². The van der Waals surface area contributed by atoms with E-state index in [9.17, 15) is 4.79 Å². The van der Waals surface area contributed by atoms with Crippen LogP contribution in [0.2, 0.25) is 0 Å². The van der Waals surface area contributed by atoms with Crippen LogP contribution in [0.4, 0.5) is 10.5 Å². The lowest BCUT2D eigenvalue weighted by Gasteiger charge is -2.25. The Kier molecular flexibility index (Phi) is 4.65. The molecule has 0 fully saturated rings. The van der Waals surface area contributed by atoms with Crippen LogP contribution in [0, 0.1) is 13.8 Å². The van der Waals surface area contributed by atoms with E-state index in [1.54, 1.807) is 28.9 Å². The zero-order valence-corrected chi connectivity index (χ0v) is 14.9. The third-order valence-electron chi connectivity index (χ3n) is 4.17. The van der Waals surface area contributed by atoms with Gasteiger partial charge in [0.1, 0.15) is 5.82 Å². The summed E-state index contributed by atoms with van der Waals surface area (Å²) in [4.78, 5) is 23.0. The maximum absolute atomic E-state index is 12.6. The van der Waals surface area contributed by atoms with Gasteiger partial charge in [-0.25, -0.2) is 14.3 Å². The van der Waals surface area contributed by atoms with Crippen LogP contribution < -0.4 is 5.32 Å². The lowest BCUT2D eigenvalue weighted by Crippen LogP contribution is -2.39. The fourth-order valence-corrected chi connectivity index (χ4v) is 2.66. The topological polar surface area (TPSA) is 75.4 Å². The number of hydrogen-bond donors (Lipinski definition) is 1. The van der Waals surface area contributed by atoms with Gasteiger partial charge in [0.05, 0.1) is 5.69 Å². The molecule has 0 aliphatic heterocycles. The lowest BCUT2D eigenvalue weighted by molar-refractivity contribution is 0.207. The summed E-state index contributed by atoms with van der Waals surface area (Å²) in [6.07, 6.45) is 4.30. The second kappa shape index (κ2) is 6.88. The molecule has 7 heteroatoms. The van der Waals surface area contributed by atoms with E-state index < -0.39 is 0 Å². The number of anilines is 1. The molecule has 0 saturated carbocycles. The molecule has 0 saturated heterocycles. The van der Waals surface area contributed by atoms with Crippen LogP contribution in [-0.4, -0.2) is 43.6 Å². The molecular formula is C18H22N6O. The van der Waals surface area contributed by atoms with Crippen molar-refractivity contribution < 1.29 is 4.79 Å². The highest BCUT2D eigenvalue weighted by Gasteiger charge is 2.18. The smallest absolute Gasteiger partial charge is 0.321 e. The quantitative estimate of drug-likeness (QED) is 0.794. The summed E-state index contributed by atoms with van der Waals surface area (Å²) in [5.41, 5.74) is 3.41. The third kappa shape index (κ3) is 3.76. The van der Waals surface area contributed by atoms with Crippen molar-refractivity contribution >= 4 is 17.4 Å². The predicted molar refractivity (Wildman–Crippen MR) is 96.6 cm³/mol. The van der Waals surface area contributed by atoms with Gasteiger partial charge in [-0.3, -0.25) is 4.98 Å². The van der Waals surface area contributed by atoms with Crippen LogP contribution in [-0.2, 0) is 6.42 Å². The molecule has 0 aliphatic rings. The van der Waals surface area contributed by atoms with Crippen LogP contribution in [0.25, 0.3) is 5.65 Å². The van der Waals surface area contributed by atoms with E-state index in [0.29, 0.717) is 23.6 Å². The lowest BCUT2D eigenvalue weighted by atomic mass is 10.1. The first-order chi connectivity index (χ1) is 11.9. The second-order valence-electron chi connectivity index (χ2n) is 6.27.